The van der Waals surface area contributed by atoms with Gasteiger partial charge < -0.3 is 17.7 Å². The molecule has 4 heterocycles. The Hall–Kier alpha value is -7.82. The molecule has 12 aromatic rings. The van der Waals surface area contributed by atoms with Crippen molar-refractivity contribution >= 4 is 54.6 Å². The zero-order chi connectivity index (χ0) is 38.2. The van der Waals surface area contributed by atoms with E-state index in [1.165, 1.54) is 0 Å². The normalized spacial score (nSPS) is 11.8. The predicted octanol–water partition coefficient (Wildman–Crippen LogP) is 15.8. The first-order valence-corrected chi connectivity index (χ1v) is 19.4. The van der Waals surface area contributed by atoms with Crippen LogP contribution in [0, 0.1) is 0 Å². The number of benzene rings is 8. The van der Waals surface area contributed by atoms with Gasteiger partial charge in [0.25, 0.3) is 0 Å². The van der Waals surface area contributed by atoms with Crippen molar-refractivity contribution in [2.45, 2.75) is 0 Å². The standard InChI is InChI=1S/C54H32O4/c1-3-7-49-45(5-1)47(31-55-49)37-17-9-33(10-18-37)35-13-21-39(22-14-35)51-29-43-25-41-28-54-44(26-42(41)27-53(43)57-51)30-52(58-54)40-23-15-36(16-24-40)34-11-19-38(20-12-34)48-32-56-50-8-4-2-6-46(48)50/h1-32H. The number of hydrogen-bond acceptors (Lipinski definition) is 4. The van der Waals surface area contributed by atoms with Crippen molar-refractivity contribution in [2.75, 3.05) is 0 Å². The highest BCUT2D eigenvalue weighted by atomic mass is 16.3. The highest BCUT2D eigenvalue weighted by Gasteiger charge is 2.14. The lowest BCUT2D eigenvalue weighted by Crippen LogP contribution is -1.81. The van der Waals surface area contributed by atoms with Gasteiger partial charge in [-0.3, -0.25) is 0 Å². The van der Waals surface area contributed by atoms with Gasteiger partial charge in [-0.25, -0.2) is 0 Å². The number of rotatable bonds is 6. The molecule has 0 aliphatic heterocycles. The van der Waals surface area contributed by atoms with Gasteiger partial charge in [0.15, 0.2) is 0 Å². The van der Waals surface area contributed by atoms with E-state index >= 15 is 0 Å². The van der Waals surface area contributed by atoms with Crippen molar-refractivity contribution in [2.24, 2.45) is 0 Å². The zero-order valence-electron chi connectivity index (χ0n) is 31.1. The van der Waals surface area contributed by atoms with Crippen LogP contribution in [0.3, 0.4) is 0 Å². The second-order valence-corrected chi connectivity index (χ2v) is 14.9. The molecule has 4 nitrogen and oxygen atoms in total. The lowest BCUT2D eigenvalue weighted by atomic mass is 9.99. The summed E-state index contributed by atoms with van der Waals surface area (Å²) in [7, 11) is 0. The maximum absolute atomic E-state index is 6.44. The van der Waals surface area contributed by atoms with Crippen LogP contribution in [0.1, 0.15) is 0 Å². The number of hydrogen-bond donors (Lipinski definition) is 0. The van der Waals surface area contributed by atoms with E-state index in [0.717, 1.165) is 122 Å². The second-order valence-electron chi connectivity index (χ2n) is 14.9. The summed E-state index contributed by atoms with van der Waals surface area (Å²) < 4.78 is 24.4. The van der Waals surface area contributed by atoms with Crippen molar-refractivity contribution in [1.29, 1.82) is 0 Å². The van der Waals surface area contributed by atoms with Gasteiger partial charge in [0.1, 0.15) is 33.9 Å². The van der Waals surface area contributed by atoms with Crippen molar-refractivity contribution in [1.82, 2.24) is 0 Å². The highest BCUT2D eigenvalue weighted by Crippen LogP contribution is 2.38. The molecule has 4 heteroatoms. The molecule has 0 spiro atoms. The van der Waals surface area contributed by atoms with E-state index < -0.39 is 0 Å². The summed E-state index contributed by atoms with van der Waals surface area (Å²) in [5, 5.41) is 6.58. The molecule has 8 aromatic carbocycles. The van der Waals surface area contributed by atoms with Crippen LogP contribution in [0.25, 0.3) is 122 Å². The fourth-order valence-electron chi connectivity index (χ4n) is 8.35. The second kappa shape index (κ2) is 12.9. The van der Waals surface area contributed by atoms with E-state index in [-0.39, 0.29) is 0 Å². The Morgan fingerprint density at radius 1 is 0.259 bits per heavy atom. The Bertz CT molecular complexity index is 3160. The Morgan fingerprint density at radius 3 is 1.00 bits per heavy atom. The van der Waals surface area contributed by atoms with E-state index in [1.807, 2.05) is 48.9 Å². The van der Waals surface area contributed by atoms with Crippen LogP contribution in [-0.4, -0.2) is 0 Å². The minimum atomic E-state index is 0.844. The molecule has 0 saturated heterocycles. The minimum Gasteiger partial charge on any atom is -0.464 e. The van der Waals surface area contributed by atoms with Crippen LogP contribution in [0.5, 0.6) is 0 Å². The molecular weight excluding hydrogens is 713 g/mol. The number of para-hydroxylation sites is 2. The van der Waals surface area contributed by atoms with Gasteiger partial charge >= 0.3 is 0 Å². The highest BCUT2D eigenvalue weighted by molar-refractivity contribution is 6.04. The average Bonchev–Trinajstić information content (AvgIpc) is 4.10. The summed E-state index contributed by atoms with van der Waals surface area (Å²) >= 11 is 0. The molecule has 0 atom stereocenters. The maximum atomic E-state index is 6.44. The topological polar surface area (TPSA) is 52.6 Å². The first kappa shape index (κ1) is 32.4. The molecule has 0 saturated carbocycles. The lowest BCUT2D eigenvalue weighted by Gasteiger charge is -2.05. The van der Waals surface area contributed by atoms with E-state index in [4.69, 9.17) is 17.7 Å². The number of furan rings is 4. The summed E-state index contributed by atoms with van der Waals surface area (Å²) in [6.45, 7) is 0. The average molecular weight is 745 g/mol. The fraction of sp³-hybridized carbons (Fsp3) is 0. The van der Waals surface area contributed by atoms with Gasteiger partial charge in [-0.2, -0.15) is 0 Å². The predicted molar refractivity (Wildman–Crippen MR) is 236 cm³/mol. The third kappa shape index (κ3) is 5.46. The Labute approximate surface area is 332 Å². The van der Waals surface area contributed by atoms with Gasteiger partial charge in [0.05, 0.1) is 12.5 Å². The van der Waals surface area contributed by atoms with Crippen LogP contribution in [0.15, 0.2) is 212 Å². The molecule has 0 bridgehead atoms. The zero-order valence-corrected chi connectivity index (χ0v) is 31.1. The summed E-state index contributed by atoms with van der Waals surface area (Å²) in [6.07, 6.45) is 3.68. The minimum absolute atomic E-state index is 0.844. The van der Waals surface area contributed by atoms with Crippen LogP contribution < -0.4 is 0 Å². The molecule has 0 aliphatic carbocycles. The van der Waals surface area contributed by atoms with Crippen LogP contribution in [0.4, 0.5) is 0 Å². The van der Waals surface area contributed by atoms with Gasteiger partial charge in [-0.15, -0.1) is 0 Å². The van der Waals surface area contributed by atoms with Gasteiger partial charge in [0, 0.05) is 43.8 Å². The Balaban J connectivity index is 0.774. The summed E-state index contributed by atoms with van der Waals surface area (Å²) in [5.74, 6) is 1.69. The molecule has 0 fully saturated rings. The largest absolute Gasteiger partial charge is 0.464 e. The molecule has 0 N–H and O–H groups in total. The maximum Gasteiger partial charge on any atom is 0.135 e. The van der Waals surface area contributed by atoms with E-state index in [2.05, 4.69) is 146 Å². The van der Waals surface area contributed by atoms with Crippen LogP contribution >= 0.6 is 0 Å². The molecule has 0 radical (unpaired) electrons. The first-order valence-electron chi connectivity index (χ1n) is 19.4. The van der Waals surface area contributed by atoms with Gasteiger partial charge in [0.2, 0.25) is 0 Å². The molecule has 12 rings (SSSR count). The van der Waals surface area contributed by atoms with Gasteiger partial charge in [-0.05, 0) is 92.7 Å². The molecular formula is C54H32O4. The smallest absolute Gasteiger partial charge is 0.135 e. The van der Waals surface area contributed by atoms with E-state index in [1.54, 1.807) is 0 Å². The van der Waals surface area contributed by atoms with E-state index in [9.17, 15) is 0 Å². The van der Waals surface area contributed by atoms with E-state index in [0.29, 0.717) is 0 Å². The molecule has 0 aliphatic rings. The third-order valence-corrected chi connectivity index (χ3v) is 11.5. The molecule has 0 amide bonds. The van der Waals surface area contributed by atoms with Gasteiger partial charge in [-0.1, -0.05) is 133 Å². The van der Waals surface area contributed by atoms with Crippen molar-refractivity contribution in [3.63, 3.8) is 0 Å². The first-order chi connectivity index (χ1) is 28.7. The molecule has 272 valence electrons. The van der Waals surface area contributed by atoms with Crippen LogP contribution in [-0.2, 0) is 0 Å². The van der Waals surface area contributed by atoms with Crippen molar-refractivity contribution < 1.29 is 17.7 Å². The summed E-state index contributed by atoms with van der Waals surface area (Å²) in [6, 6.07) is 63.6. The third-order valence-electron chi connectivity index (χ3n) is 11.5. The molecule has 58 heavy (non-hydrogen) atoms. The monoisotopic (exact) mass is 744 g/mol. The SMILES string of the molecule is c1ccc2c(-c3ccc(-c4ccc(-c5cc6cc7cc8oc(-c9ccc(-c%10ccc(-c%11coc%12ccccc%11%12)cc%10)cc9)cc8cc7cc6o5)cc4)cc3)coc2c1. The number of fused-ring (bicyclic) bond motifs is 5. The van der Waals surface area contributed by atoms with Crippen molar-refractivity contribution in [3.8, 4) is 67.2 Å². The summed E-state index contributed by atoms with van der Waals surface area (Å²) in [4.78, 5) is 0. The fourth-order valence-corrected chi connectivity index (χ4v) is 8.35. The lowest BCUT2D eigenvalue weighted by molar-refractivity contribution is 0.616. The van der Waals surface area contributed by atoms with Crippen LogP contribution in [0.2, 0.25) is 0 Å². The summed E-state index contributed by atoms with van der Waals surface area (Å²) in [5.41, 5.74) is 14.7. The Morgan fingerprint density at radius 2 is 0.603 bits per heavy atom. The molecule has 0 unspecified atom stereocenters. The van der Waals surface area contributed by atoms with Crippen molar-refractivity contribution in [3.05, 3.63) is 195 Å². The molecule has 4 aromatic heterocycles. The Kier molecular flexibility index (Phi) is 7.20. The quantitative estimate of drug-likeness (QED) is 0.170.